The number of nitrogens with one attached hydrogen (secondary N) is 2. The van der Waals surface area contributed by atoms with Gasteiger partial charge in [0.25, 0.3) is 5.91 Å². The van der Waals surface area contributed by atoms with Crippen LogP contribution in [0, 0.1) is 5.92 Å². The van der Waals surface area contributed by atoms with E-state index in [1.165, 1.54) is 16.7 Å². The van der Waals surface area contributed by atoms with Crippen LogP contribution in [0.4, 0.5) is 0 Å². The first kappa shape index (κ1) is 29.5. The zero-order chi connectivity index (χ0) is 27.9. The van der Waals surface area contributed by atoms with Crippen LogP contribution in [0.2, 0.25) is 0 Å². The maximum atomic E-state index is 13.7. The topological polar surface area (TPSA) is 108 Å². The first-order valence-electron chi connectivity index (χ1n) is 12.9. The first-order chi connectivity index (χ1) is 18.1. The highest BCUT2D eigenvalue weighted by Crippen LogP contribution is 2.40. The van der Waals surface area contributed by atoms with Gasteiger partial charge in [-0.1, -0.05) is 56.3 Å². The number of amides is 3. The monoisotopic (exact) mass is 541 g/mol. The van der Waals surface area contributed by atoms with E-state index in [0.717, 1.165) is 16.9 Å². The molecule has 0 aromatic heterocycles. The second kappa shape index (κ2) is 13.2. The highest BCUT2D eigenvalue weighted by molar-refractivity contribution is 8.00. The van der Waals surface area contributed by atoms with Gasteiger partial charge in [-0.25, -0.2) is 0 Å². The Balaban J connectivity index is 1.77. The van der Waals surface area contributed by atoms with E-state index >= 15 is 0 Å². The molecule has 0 spiro atoms. The molecule has 0 saturated carbocycles. The van der Waals surface area contributed by atoms with Gasteiger partial charge < -0.3 is 25.4 Å². The number of carbonyl (C=O) groups is 3. The molecule has 1 unspecified atom stereocenters. The molecule has 1 aliphatic rings. The van der Waals surface area contributed by atoms with Crippen molar-refractivity contribution in [2.24, 2.45) is 5.92 Å². The van der Waals surface area contributed by atoms with E-state index in [1.807, 2.05) is 82.3 Å². The van der Waals surface area contributed by atoms with Gasteiger partial charge in [0.1, 0.15) is 11.8 Å². The molecule has 2 aromatic carbocycles. The molecule has 0 aliphatic carbocycles. The van der Waals surface area contributed by atoms with Crippen LogP contribution < -0.4 is 15.4 Å². The molecule has 8 nitrogen and oxygen atoms in total. The highest BCUT2D eigenvalue weighted by Gasteiger charge is 2.49. The second-order valence-corrected chi connectivity index (χ2v) is 11.8. The molecule has 0 radical (unpaired) electrons. The molecular weight excluding hydrogens is 502 g/mol. The Morgan fingerprint density at radius 3 is 2.37 bits per heavy atom. The van der Waals surface area contributed by atoms with Crippen LogP contribution in [0.5, 0.6) is 5.75 Å². The number of thioether (sulfide) groups is 1. The molecule has 38 heavy (non-hydrogen) atoms. The summed E-state index contributed by atoms with van der Waals surface area (Å²) in [5.41, 5.74) is 1.79. The predicted octanol–water partition coefficient (Wildman–Crippen LogP) is 3.13. The maximum absolute atomic E-state index is 13.7. The molecule has 9 heteroatoms. The molecule has 206 valence electrons. The lowest BCUT2D eigenvalue weighted by molar-refractivity contribution is -0.148. The van der Waals surface area contributed by atoms with Crippen molar-refractivity contribution in [2.75, 3.05) is 13.0 Å². The number of aliphatic hydroxyl groups excluding tert-OH is 1. The number of hydrogen-bond acceptors (Lipinski definition) is 6. The lowest BCUT2D eigenvalue weighted by Crippen LogP contribution is -2.59. The normalized spacial score (nSPS) is 18.8. The van der Waals surface area contributed by atoms with Crippen molar-refractivity contribution in [3.05, 3.63) is 65.7 Å². The average Bonchev–Trinajstić information content (AvgIpc) is 3.25. The summed E-state index contributed by atoms with van der Waals surface area (Å²) in [5.74, 6) is -0.346. The molecule has 4 atom stereocenters. The van der Waals surface area contributed by atoms with Gasteiger partial charge in [-0.3, -0.25) is 14.4 Å². The van der Waals surface area contributed by atoms with E-state index in [-0.39, 0.29) is 30.0 Å². The zero-order valence-corrected chi connectivity index (χ0v) is 23.6. The Bertz CT molecular complexity index is 1090. The van der Waals surface area contributed by atoms with Crippen molar-refractivity contribution in [3.8, 4) is 5.75 Å². The molecule has 3 rings (SSSR count). The molecule has 0 bridgehead atoms. The first-order valence-corrected chi connectivity index (χ1v) is 13.9. The molecule has 1 aliphatic heterocycles. The van der Waals surface area contributed by atoms with Gasteiger partial charge in [0, 0.05) is 17.2 Å². The maximum Gasteiger partial charge on any atom is 0.254 e. The third kappa shape index (κ3) is 7.29. The smallest absolute Gasteiger partial charge is 0.254 e. The minimum atomic E-state index is -1.50. The summed E-state index contributed by atoms with van der Waals surface area (Å²) in [4.78, 5) is 41.2. The lowest BCUT2D eigenvalue weighted by atomic mass is 9.96. The molecule has 3 N–H and O–H groups in total. The van der Waals surface area contributed by atoms with Gasteiger partial charge in [0.2, 0.25) is 11.8 Å². The number of ether oxygens (including phenoxy) is 1. The third-order valence-corrected chi connectivity index (χ3v) is 8.40. The Morgan fingerprint density at radius 1 is 1.11 bits per heavy atom. The molecule has 1 saturated heterocycles. The van der Waals surface area contributed by atoms with Gasteiger partial charge in [-0.2, -0.15) is 0 Å². The van der Waals surface area contributed by atoms with Crippen molar-refractivity contribution in [1.29, 1.82) is 0 Å². The van der Waals surface area contributed by atoms with Crippen molar-refractivity contribution >= 4 is 29.5 Å². The number of carbonyl (C=O) groups excluding carboxylic acids is 3. The third-order valence-electron chi connectivity index (χ3n) is 7.02. The largest absolute Gasteiger partial charge is 0.497 e. The quantitative estimate of drug-likeness (QED) is 0.404. The van der Waals surface area contributed by atoms with E-state index in [2.05, 4.69) is 10.6 Å². The predicted molar refractivity (Wildman–Crippen MR) is 150 cm³/mol. The summed E-state index contributed by atoms with van der Waals surface area (Å²) >= 11 is 1.48. The Labute approximate surface area is 229 Å². The summed E-state index contributed by atoms with van der Waals surface area (Å²) in [6.45, 7) is 7.86. The number of benzene rings is 2. The van der Waals surface area contributed by atoms with Crippen molar-refractivity contribution in [3.63, 3.8) is 0 Å². The van der Waals surface area contributed by atoms with E-state index in [4.69, 9.17) is 4.74 Å². The zero-order valence-electron chi connectivity index (χ0n) is 22.8. The van der Waals surface area contributed by atoms with Crippen LogP contribution >= 0.6 is 11.8 Å². The number of methoxy groups -OCH3 is 1. The summed E-state index contributed by atoms with van der Waals surface area (Å²) < 4.78 is 4.62. The number of hydrogen-bond donors (Lipinski definition) is 3. The highest BCUT2D eigenvalue weighted by atomic mass is 32.2. The van der Waals surface area contributed by atoms with E-state index in [0.29, 0.717) is 13.0 Å². The van der Waals surface area contributed by atoms with Gasteiger partial charge in [-0.15, -0.1) is 11.8 Å². The van der Waals surface area contributed by atoms with Crippen molar-refractivity contribution in [1.82, 2.24) is 15.5 Å². The standard InChI is InChI=1S/C29H39N3O5S/c1-6-19(2)26(34)31-23(16-20-10-8-7-9-11-20)24(33)28(36)32-18-38-29(3,4)25(32)27(35)30-17-21-12-14-22(37-5)15-13-21/h7-15,19,23-25,33H,6,16-18H2,1-5H3,(H,30,35)(H,31,34)/t19?,23-,24-,25+/m0/s1. The van der Waals surface area contributed by atoms with Gasteiger partial charge in [-0.05, 0) is 49.9 Å². The van der Waals surface area contributed by atoms with Gasteiger partial charge in [0.15, 0.2) is 6.10 Å². The fourth-order valence-electron chi connectivity index (χ4n) is 4.40. The Hall–Kier alpha value is -3.04. The van der Waals surface area contributed by atoms with Crippen molar-refractivity contribution in [2.45, 2.75) is 70.0 Å². The van der Waals surface area contributed by atoms with Crippen LogP contribution in [-0.4, -0.2) is 63.6 Å². The van der Waals surface area contributed by atoms with Crippen LogP contribution in [0.1, 0.15) is 45.2 Å². The number of aliphatic hydroxyl groups is 1. The van der Waals surface area contributed by atoms with E-state index in [9.17, 15) is 19.5 Å². The molecule has 1 heterocycles. The van der Waals surface area contributed by atoms with E-state index in [1.54, 1.807) is 7.11 Å². The van der Waals surface area contributed by atoms with Crippen LogP contribution in [0.25, 0.3) is 0 Å². The van der Waals surface area contributed by atoms with Gasteiger partial charge in [0.05, 0.1) is 19.0 Å². The van der Waals surface area contributed by atoms with Crippen LogP contribution in [-0.2, 0) is 27.3 Å². The van der Waals surface area contributed by atoms with Gasteiger partial charge >= 0.3 is 0 Å². The fourth-order valence-corrected chi connectivity index (χ4v) is 5.54. The molecular formula is C29H39N3O5S. The Morgan fingerprint density at radius 2 is 1.76 bits per heavy atom. The fraction of sp³-hybridized carbons (Fsp3) is 0.483. The minimum absolute atomic E-state index is 0.217. The summed E-state index contributed by atoms with van der Waals surface area (Å²) in [6, 6.07) is 15.2. The van der Waals surface area contributed by atoms with Crippen molar-refractivity contribution < 1.29 is 24.2 Å². The Kier molecular flexibility index (Phi) is 10.2. The molecule has 1 fully saturated rings. The molecule has 2 aromatic rings. The SMILES string of the molecule is CCC(C)C(=O)N[C@@H](Cc1ccccc1)[C@H](O)C(=O)N1CSC(C)(C)[C@H]1C(=O)NCc1ccc(OC)cc1. The molecule has 3 amide bonds. The van der Waals surface area contributed by atoms with Crippen LogP contribution in [0.3, 0.4) is 0 Å². The summed E-state index contributed by atoms with van der Waals surface area (Å²) in [5, 5.41) is 17.1. The minimum Gasteiger partial charge on any atom is -0.497 e. The number of rotatable bonds is 11. The number of nitrogens with zero attached hydrogens (tertiary/aromatic N) is 1. The average molecular weight is 542 g/mol. The van der Waals surface area contributed by atoms with E-state index < -0.39 is 28.8 Å². The lowest BCUT2D eigenvalue weighted by Gasteiger charge is -2.33. The summed E-state index contributed by atoms with van der Waals surface area (Å²) in [7, 11) is 1.59. The van der Waals surface area contributed by atoms with Crippen LogP contribution in [0.15, 0.2) is 54.6 Å². The summed E-state index contributed by atoms with van der Waals surface area (Å²) in [6.07, 6.45) is -0.578. The second-order valence-electron chi connectivity index (χ2n) is 10.2.